The summed E-state index contributed by atoms with van der Waals surface area (Å²) in [7, 11) is 0. The van der Waals surface area contributed by atoms with Gasteiger partial charge in [0.15, 0.2) is 0 Å². The van der Waals surface area contributed by atoms with Crippen LogP contribution in [-0.2, 0) is 0 Å². The monoisotopic (exact) mass is 199 g/mol. The van der Waals surface area contributed by atoms with Gasteiger partial charge in [-0.25, -0.2) is 0 Å². The molecule has 78 valence electrons. The first-order valence-electron chi connectivity index (χ1n) is 5.65. The quantitative estimate of drug-likeness (QED) is 0.609. The van der Waals surface area contributed by atoms with Crippen molar-refractivity contribution in [3.05, 3.63) is 46.6 Å². The molecule has 0 N–H and O–H groups in total. The highest BCUT2D eigenvalue weighted by molar-refractivity contribution is 5.23. The predicted octanol–water partition coefficient (Wildman–Crippen LogP) is 2.56. The van der Waals surface area contributed by atoms with Crippen LogP contribution in [0.4, 0.5) is 0 Å². The Kier molecular flexibility index (Phi) is 3.33. The van der Waals surface area contributed by atoms with Gasteiger partial charge in [-0.15, -0.1) is 0 Å². The van der Waals surface area contributed by atoms with Crippen LogP contribution < -0.4 is 10.6 Å². The molecule has 2 rings (SSSR count). The van der Waals surface area contributed by atoms with Crippen LogP contribution in [0.3, 0.4) is 0 Å². The van der Waals surface area contributed by atoms with E-state index in [0.717, 1.165) is 5.36 Å². The molecule has 0 aliphatic carbocycles. The Morgan fingerprint density at radius 3 is 2.93 bits per heavy atom. The molecule has 0 fully saturated rings. The molecule has 1 aliphatic rings. The van der Waals surface area contributed by atoms with Crippen molar-refractivity contribution < 1.29 is 0 Å². The molecule has 0 saturated carbocycles. The molecule has 1 aliphatic heterocycles. The number of rotatable bonds is 0. The zero-order valence-corrected chi connectivity index (χ0v) is 9.24. The van der Waals surface area contributed by atoms with Crippen molar-refractivity contribution in [2.45, 2.75) is 32.6 Å². The highest BCUT2D eigenvalue weighted by Gasteiger charge is 1.93. The molecule has 0 amide bonds. The molecule has 1 heteroatoms. The van der Waals surface area contributed by atoms with E-state index in [-0.39, 0.29) is 0 Å². The maximum absolute atomic E-state index is 4.54. The molecule has 0 bridgehead atoms. The number of hydrogen-bond acceptors (Lipinski definition) is 1. The minimum Gasteiger partial charge on any atom is -0.256 e. The molecule has 0 aromatic heterocycles. The summed E-state index contributed by atoms with van der Waals surface area (Å²) < 4.78 is 0. The van der Waals surface area contributed by atoms with E-state index in [1.807, 2.05) is 12.3 Å². The van der Waals surface area contributed by atoms with Crippen molar-refractivity contribution in [2.75, 3.05) is 0 Å². The fourth-order valence-electron chi connectivity index (χ4n) is 1.83. The van der Waals surface area contributed by atoms with E-state index in [1.165, 1.54) is 36.5 Å². The lowest BCUT2D eigenvalue weighted by atomic mass is 10.1. The van der Waals surface area contributed by atoms with Gasteiger partial charge in [0.1, 0.15) is 0 Å². The topological polar surface area (TPSA) is 12.4 Å². The summed E-state index contributed by atoms with van der Waals surface area (Å²) in [6.45, 7) is 2.16. The molecule has 15 heavy (non-hydrogen) atoms. The second kappa shape index (κ2) is 4.92. The van der Waals surface area contributed by atoms with E-state index < -0.39 is 0 Å². The molecule has 1 nitrogen and oxygen atoms in total. The normalized spacial score (nSPS) is 24.7. The zero-order valence-electron chi connectivity index (χ0n) is 9.24. The lowest BCUT2D eigenvalue weighted by molar-refractivity contribution is 0.751. The van der Waals surface area contributed by atoms with Gasteiger partial charge in [-0.3, -0.25) is 4.99 Å². The van der Waals surface area contributed by atoms with Crippen molar-refractivity contribution in [3.63, 3.8) is 0 Å². The highest BCUT2D eigenvalue weighted by atomic mass is 14.7. The summed E-state index contributed by atoms with van der Waals surface area (Å²) >= 11 is 0. The van der Waals surface area contributed by atoms with E-state index in [1.54, 1.807) is 0 Å². The molecular weight excluding hydrogens is 182 g/mol. The number of hydrogen-bond donors (Lipinski definition) is 0. The molecule has 0 atom stereocenters. The SMILES string of the molecule is C/C1=C/N=c2/cccc/c2=C\CCCC1. The van der Waals surface area contributed by atoms with Crippen LogP contribution in [0.25, 0.3) is 6.08 Å². The first-order chi connectivity index (χ1) is 7.36. The van der Waals surface area contributed by atoms with Gasteiger partial charge >= 0.3 is 0 Å². The van der Waals surface area contributed by atoms with Gasteiger partial charge in [-0.05, 0) is 43.9 Å². The molecular formula is C14H17N. The van der Waals surface area contributed by atoms with Crippen molar-refractivity contribution >= 4 is 6.08 Å². The van der Waals surface area contributed by atoms with Gasteiger partial charge in [0, 0.05) is 6.20 Å². The molecule has 0 radical (unpaired) electrons. The first kappa shape index (κ1) is 10.2. The Morgan fingerprint density at radius 1 is 1.13 bits per heavy atom. The van der Waals surface area contributed by atoms with Crippen LogP contribution in [0.1, 0.15) is 32.6 Å². The summed E-state index contributed by atoms with van der Waals surface area (Å²) in [6.07, 6.45) is 9.21. The summed E-state index contributed by atoms with van der Waals surface area (Å²) in [6, 6.07) is 8.35. The predicted molar refractivity (Wildman–Crippen MR) is 63.9 cm³/mol. The molecule has 1 aromatic rings. The van der Waals surface area contributed by atoms with Crippen molar-refractivity contribution in [2.24, 2.45) is 4.99 Å². The van der Waals surface area contributed by atoms with Gasteiger partial charge in [-0.2, -0.15) is 0 Å². The van der Waals surface area contributed by atoms with Crippen molar-refractivity contribution in [1.82, 2.24) is 0 Å². The minimum absolute atomic E-state index is 1.10. The van der Waals surface area contributed by atoms with Crippen LogP contribution in [0, 0.1) is 0 Å². The van der Waals surface area contributed by atoms with E-state index in [2.05, 4.69) is 36.2 Å². The third kappa shape index (κ3) is 2.79. The molecule has 0 spiro atoms. The highest BCUT2D eigenvalue weighted by Crippen LogP contribution is 2.08. The third-order valence-corrected chi connectivity index (χ3v) is 2.75. The largest absolute Gasteiger partial charge is 0.256 e. The van der Waals surface area contributed by atoms with Crippen LogP contribution in [0.15, 0.2) is 41.0 Å². The summed E-state index contributed by atoms with van der Waals surface area (Å²) in [5, 5.41) is 2.36. The van der Waals surface area contributed by atoms with Crippen LogP contribution >= 0.6 is 0 Å². The third-order valence-electron chi connectivity index (χ3n) is 2.75. The molecule has 0 unspecified atom stereocenters. The first-order valence-corrected chi connectivity index (χ1v) is 5.65. The Labute approximate surface area is 90.9 Å². The van der Waals surface area contributed by atoms with Gasteiger partial charge in [0.25, 0.3) is 0 Å². The summed E-state index contributed by atoms with van der Waals surface area (Å²) in [5.41, 5.74) is 1.38. The van der Waals surface area contributed by atoms with Crippen LogP contribution in [0.5, 0.6) is 0 Å². The van der Waals surface area contributed by atoms with Gasteiger partial charge in [0.2, 0.25) is 0 Å². The molecule has 1 aromatic carbocycles. The fraction of sp³-hybridized carbons (Fsp3) is 0.357. The number of benzene rings is 1. The number of allylic oxidation sites excluding steroid dienone is 1. The smallest absolute Gasteiger partial charge is 0.0698 e. The van der Waals surface area contributed by atoms with E-state index in [9.17, 15) is 0 Å². The maximum atomic E-state index is 4.54. The molecule has 0 saturated heterocycles. The Bertz CT molecular complexity index is 468. The Morgan fingerprint density at radius 2 is 2.00 bits per heavy atom. The summed E-state index contributed by atoms with van der Waals surface area (Å²) in [5.74, 6) is 0. The second-order valence-electron chi connectivity index (χ2n) is 4.11. The second-order valence-corrected chi connectivity index (χ2v) is 4.11. The van der Waals surface area contributed by atoms with E-state index in [0.29, 0.717) is 0 Å². The number of nitrogens with zero attached hydrogens (tertiary/aromatic N) is 1. The number of para-hydroxylation sites is 1. The van der Waals surface area contributed by atoms with E-state index >= 15 is 0 Å². The van der Waals surface area contributed by atoms with Gasteiger partial charge < -0.3 is 0 Å². The minimum atomic E-state index is 1.10. The van der Waals surface area contributed by atoms with Crippen molar-refractivity contribution in [3.8, 4) is 0 Å². The fourth-order valence-corrected chi connectivity index (χ4v) is 1.83. The Balaban J connectivity index is 2.53. The summed E-state index contributed by atoms with van der Waals surface area (Å²) in [4.78, 5) is 4.54. The van der Waals surface area contributed by atoms with Gasteiger partial charge in [0.05, 0.1) is 5.36 Å². The lowest BCUT2D eigenvalue weighted by Crippen LogP contribution is -2.23. The molecule has 1 heterocycles. The van der Waals surface area contributed by atoms with Crippen molar-refractivity contribution in [1.29, 1.82) is 0 Å². The van der Waals surface area contributed by atoms with Crippen LogP contribution in [0.2, 0.25) is 0 Å². The van der Waals surface area contributed by atoms with Gasteiger partial charge in [-0.1, -0.05) is 29.8 Å². The van der Waals surface area contributed by atoms with E-state index in [4.69, 9.17) is 0 Å². The average Bonchev–Trinajstić information content (AvgIpc) is 2.27. The average molecular weight is 199 g/mol. The Hall–Kier alpha value is -1.37. The maximum Gasteiger partial charge on any atom is 0.0698 e. The number of fused-ring (bicyclic) bond motifs is 1. The van der Waals surface area contributed by atoms with Crippen LogP contribution in [-0.4, -0.2) is 0 Å². The zero-order chi connectivity index (χ0) is 10.5. The standard InChI is InChI=1S/C14H17N/c1-12-7-3-2-4-8-13-9-5-6-10-14(13)15-11-12/h5-6,8-11H,2-4,7H2,1H3/b12-11-,13-8+,15-14-. The lowest BCUT2D eigenvalue weighted by Gasteiger charge is -2.00.